The molecule has 0 aliphatic heterocycles. The van der Waals surface area contributed by atoms with Crippen LogP contribution in [-0.2, 0) is 25.9 Å². The first-order valence-electron chi connectivity index (χ1n) is 6.10. The van der Waals surface area contributed by atoms with Gasteiger partial charge in [-0.2, -0.15) is 5.10 Å². The summed E-state index contributed by atoms with van der Waals surface area (Å²) in [4.78, 5) is 0. The molecule has 0 atom stereocenters. The van der Waals surface area contributed by atoms with E-state index in [9.17, 15) is 0 Å². The van der Waals surface area contributed by atoms with Crippen LogP contribution in [-0.4, -0.2) is 9.78 Å². The lowest BCUT2D eigenvalue weighted by molar-refractivity contribution is 0.441. The number of aryl methyl sites for hydroxylation is 2. The van der Waals surface area contributed by atoms with Crippen molar-refractivity contribution in [2.75, 3.05) is 0 Å². The van der Waals surface area contributed by atoms with E-state index >= 15 is 0 Å². The predicted octanol–water partition coefficient (Wildman–Crippen LogP) is 2.11. The van der Waals surface area contributed by atoms with Gasteiger partial charge in [0.2, 0.25) is 0 Å². The summed E-state index contributed by atoms with van der Waals surface area (Å²) < 4.78 is 7.61. The number of nitrogens with zero attached hydrogens (tertiary/aromatic N) is 2. The van der Waals surface area contributed by atoms with Crippen molar-refractivity contribution in [2.45, 2.75) is 39.8 Å². The Kier molecular flexibility index (Phi) is 3.64. The molecule has 92 valence electrons. The second-order valence-corrected chi connectivity index (χ2v) is 4.06. The molecule has 0 saturated carbocycles. The fourth-order valence-electron chi connectivity index (χ4n) is 1.87. The van der Waals surface area contributed by atoms with Gasteiger partial charge in [-0.05, 0) is 31.0 Å². The molecule has 2 N–H and O–H groups in total. The summed E-state index contributed by atoms with van der Waals surface area (Å²) in [6.45, 7) is 5.38. The van der Waals surface area contributed by atoms with Gasteiger partial charge in [0, 0.05) is 5.69 Å². The first-order chi connectivity index (χ1) is 8.26. The minimum absolute atomic E-state index is 0.444. The van der Waals surface area contributed by atoms with Gasteiger partial charge in [-0.25, -0.2) is 0 Å². The van der Waals surface area contributed by atoms with E-state index in [1.807, 2.05) is 16.8 Å². The molecule has 0 unspecified atom stereocenters. The van der Waals surface area contributed by atoms with Crippen LogP contribution in [0.4, 0.5) is 0 Å². The van der Waals surface area contributed by atoms with Crippen molar-refractivity contribution in [2.24, 2.45) is 5.73 Å². The highest BCUT2D eigenvalue weighted by molar-refractivity contribution is 5.13. The van der Waals surface area contributed by atoms with E-state index in [2.05, 4.69) is 25.0 Å². The summed E-state index contributed by atoms with van der Waals surface area (Å²) in [6.07, 6.45) is 1.95. The van der Waals surface area contributed by atoms with E-state index in [1.54, 1.807) is 0 Å². The summed E-state index contributed by atoms with van der Waals surface area (Å²) in [7, 11) is 0. The highest BCUT2D eigenvalue weighted by Crippen LogP contribution is 2.12. The van der Waals surface area contributed by atoms with Crippen LogP contribution in [0.5, 0.6) is 0 Å². The van der Waals surface area contributed by atoms with Gasteiger partial charge in [-0.3, -0.25) is 4.68 Å². The Bertz CT molecular complexity index is 485. The Balaban J connectivity index is 2.19. The molecule has 0 amide bonds. The van der Waals surface area contributed by atoms with Gasteiger partial charge >= 0.3 is 0 Å². The summed E-state index contributed by atoms with van der Waals surface area (Å²) >= 11 is 0. The van der Waals surface area contributed by atoms with Gasteiger partial charge in [-0.1, -0.05) is 13.8 Å². The molecule has 0 aliphatic rings. The van der Waals surface area contributed by atoms with Crippen molar-refractivity contribution in [3.05, 3.63) is 41.1 Å². The summed E-state index contributed by atoms with van der Waals surface area (Å²) in [5.41, 5.74) is 7.90. The molecule has 2 aromatic heterocycles. The topological polar surface area (TPSA) is 57.0 Å². The summed E-state index contributed by atoms with van der Waals surface area (Å²) in [6, 6.07) is 6.05. The van der Waals surface area contributed by atoms with Gasteiger partial charge in [0.1, 0.15) is 11.5 Å². The van der Waals surface area contributed by atoms with E-state index in [-0.39, 0.29) is 0 Å². The highest BCUT2D eigenvalue weighted by atomic mass is 16.3. The lowest BCUT2D eigenvalue weighted by atomic mass is 10.2. The lowest BCUT2D eigenvalue weighted by Crippen LogP contribution is -2.05. The Morgan fingerprint density at radius 3 is 2.59 bits per heavy atom. The molecule has 4 nitrogen and oxygen atoms in total. The highest BCUT2D eigenvalue weighted by Gasteiger charge is 2.08. The molecular formula is C13H19N3O. The molecule has 0 spiro atoms. The number of aromatic nitrogens is 2. The van der Waals surface area contributed by atoms with Crippen molar-refractivity contribution in [1.82, 2.24) is 9.78 Å². The first-order valence-corrected chi connectivity index (χ1v) is 6.10. The second-order valence-electron chi connectivity index (χ2n) is 4.06. The summed E-state index contributed by atoms with van der Waals surface area (Å²) in [5, 5.41) is 4.56. The SMILES string of the molecule is CCc1cc(CC)n(Cc2ccc(CN)o2)n1. The van der Waals surface area contributed by atoms with Crippen LogP contribution in [0.3, 0.4) is 0 Å². The van der Waals surface area contributed by atoms with Crippen molar-refractivity contribution < 1.29 is 4.42 Å². The maximum absolute atomic E-state index is 5.59. The van der Waals surface area contributed by atoms with Crippen molar-refractivity contribution in [3.63, 3.8) is 0 Å². The van der Waals surface area contributed by atoms with Crippen LogP contribution < -0.4 is 5.73 Å². The van der Waals surface area contributed by atoms with Gasteiger partial charge in [-0.15, -0.1) is 0 Å². The average Bonchev–Trinajstić information content (AvgIpc) is 2.95. The van der Waals surface area contributed by atoms with Gasteiger partial charge in [0.05, 0.1) is 18.8 Å². The van der Waals surface area contributed by atoms with Gasteiger partial charge < -0.3 is 10.2 Å². The summed E-state index contributed by atoms with van der Waals surface area (Å²) in [5.74, 6) is 1.73. The normalized spacial score (nSPS) is 11.0. The van der Waals surface area contributed by atoms with E-state index < -0.39 is 0 Å². The van der Waals surface area contributed by atoms with Gasteiger partial charge in [0.25, 0.3) is 0 Å². The van der Waals surface area contributed by atoms with E-state index in [4.69, 9.17) is 10.2 Å². The molecule has 0 aliphatic carbocycles. The molecule has 2 rings (SSSR count). The quantitative estimate of drug-likeness (QED) is 0.860. The maximum atomic E-state index is 5.59. The van der Waals surface area contributed by atoms with Crippen LogP contribution in [0.2, 0.25) is 0 Å². The van der Waals surface area contributed by atoms with Gasteiger partial charge in [0.15, 0.2) is 0 Å². The Morgan fingerprint density at radius 2 is 2.00 bits per heavy atom. The number of rotatable bonds is 5. The monoisotopic (exact) mass is 233 g/mol. The Labute approximate surface area is 101 Å². The molecule has 0 aromatic carbocycles. The fraction of sp³-hybridized carbons (Fsp3) is 0.462. The third kappa shape index (κ3) is 2.58. The first kappa shape index (κ1) is 11.9. The largest absolute Gasteiger partial charge is 0.463 e. The van der Waals surface area contributed by atoms with Crippen LogP contribution in [0, 0.1) is 0 Å². The Hall–Kier alpha value is -1.55. The number of furan rings is 1. The molecular weight excluding hydrogens is 214 g/mol. The number of hydrogen-bond acceptors (Lipinski definition) is 3. The zero-order chi connectivity index (χ0) is 12.3. The van der Waals surface area contributed by atoms with Crippen LogP contribution in [0.25, 0.3) is 0 Å². The third-order valence-corrected chi connectivity index (χ3v) is 2.86. The zero-order valence-corrected chi connectivity index (χ0v) is 10.4. The molecule has 0 fully saturated rings. The molecule has 2 aromatic rings. The average molecular weight is 233 g/mol. The predicted molar refractivity (Wildman–Crippen MR) is 66.7 cm³/mol. The molecule has 0 radical (unpaired) electrons. The molecule has 2 heterocycles. The fourth-order valence-corrected chi connectivity index (χ4v) is 1.87. The van der Waals surface area contributed by atoms with Crippen LogP contribution in [0.1, 0.15) is 36.8 Å². The second kappa shape index (κ2) is 5.19. The molecule has 4 heteroatoms. The van der Waals surface area contributed by atoms with E-state index in [0.29, 0.717) is 13.1 Å². The maximum Gasteiger partial charge on any atom is 0.125 e. The van der Waals surface area contributed by atoms with Crippen molar-refractivity contribution >= 4 is 0 Å². The van der Waals surface area contributed by atoms with Crippen molar-refractivity contribution in [1.29, 1.82) is 0 Å². The number of nitrogens with two attached hydrogens (primary N) is 1. The minimum atomic E-state index is 0.444. The Morgan fingerprint density at radius 1 is 1.24 bits per heavy atom. The van der Waals surface area contributed by atoms with Crippen LogP contribution >= 0.6 is 0 Å². The molecule has 0 bridgehead atoms. The zero-order valence-electron chi connectivity index (χ0n) is 10.4. The van der Waals surface area contributed by atoms with Crippen LogP contribution in [0.15, 0.2) is 22.6 Å². The molecule has 17 heavy (non-hydrogen) atoms. The molecule has 0 saturated heterocycles. The minimum Gasteiger partial charge on any atom is -0.463 e. The standard InChI is InChI=1S/C13H19N3O/c1-3-10-7-11(4-2)16(15-10)9-13-6-5-12(8-14)17-13/h5-7H,3-4,8-9,14H2,1-2H3. The number of hydrogen-bond donors (Lipinski definition) is 1. The van der Waals surface area contributed by atoms with E-state index in [1.165, 1.54) is 5.69 Å². The third-order valence-electron chi connectivity index (χ3n) is 2.86. The van der Waals surface area contributed by atoms with E-state index in [0.717, 1.165) is 30.1 Å². The smallest absolute Gasteiger partial charge is 0.125 e. The van der Waals surface area contributed by atoms with Crippen molar-refractivity contribution in [3.8, 4) is 0 Å². The lowest BCUT2D eigenvalue weighted by Gasteiger charge is -2.03.